The van der Waals surface area contributed by atoms with Gasteiger partial charge < -0.3 is 14.2 Å². The van der Waals surface area contributed by atoms with Gasteiger partial charge in [-0.05, 0) is 61.1 Å². The number of methoxy groups -OCH3 is 1. The summed E-state index contributed by atoms with van der Waals surface area (Å²) in [6, 6.07) is 14.5. The average Bonchev–Trinajstić information content (AvgIpc) is 3.38. The van der Waals surface area contributed by atoms with E-state index in [1.807, 2.05) is 24.4 Å². The Balaban J connectivity index is 1.39. The number of fused-ring (bicyclic) bond motifs is 2. The van der Waals surface area contributed by atoms with E-state index in [0.717, 1.165) is 35.6 Å². The predicted octanol–water partition coefficient (Wildman–Crippen LogP) is 5.47. The second-order valence-electron chi connectivity index (χ2n) is 8.59. The summed E-state index contributed by atoms with van der Waals surface area (Å²) in [5, 5.41) is 0. The third-order valence-electron chi connectivity index (χ3n) is 6.62. The topological polar surface area (TPSA) is 57.7 Å². The van der Waals surface area contributed by atoms with Crippen molar-refractivity contribution in [3.05, 3.63) is 76.6 Å². The van der Waals surface area contributed by atoms with Crippen LogP contribution in [0.15, 0.2) is 48.7 Å². The minimum Gasteiger partial charge on any atom is -0.492 e. The highest BCUT2D eigenvalue weighted by molar-refractivity contribution is 5.74. The maximum absolute atomic E-state index is 11.7. The summed E-state index contributed by atoms with van der Waals surface area (Å²) >= 11 is 0. The summed E-state index contributed by atoms with van der Waals surface area (Å²) in [4.78, 5) is 16.2. The van der Waals surface area contributed by atoms with Crippen LogP contribution in [0.3, 0.4) is 0 Å². The van der Waals surface area contributed by atoms with Gasteiger partial charge in [0.25, 0.3) is 0 Å². The summed E-state index contributed by atoms with van der Waals surface area (Å²) in [7, 11) is 1.41. The third kappa shape index (κ3) is 3.62. The fourth-order valence-electron chi connectivity index (χ4n) is 5.02. The van der Waals surface area contributed by atoms with E-state index in [9.17, 15) is 4.79 Å². The van der Waals surface area contributed by atoms with Crippen LogP contribution in [-0.2, 0) is 16.0 Å². The first kappa shape index (κ1) is 20.6. The molecule has 164 valence electrons. The lowest BCUT2D eigenvalue weighted by atomic mass is 9.93. The normalized spacial score (nSPS) is 18.6. The van der Waals surface area contributed by atoms with Gasteiger partial charge in [-0.2, -0.15) is 0 Å². The van der Waals surface area contributed by atoms with Gasteiger partial charge in [-0.3, -0.25) is 9.78 Å². The standard InChI is InChI=1S/C27H27NO4/c1-16-11-12-28-17(2)27(16)23-6-4-5-22-21(23)9-10-24(22)32-19-7-8-20-18(13-26(29)30-3)15-31-25(20)14-19/h4-8,11-12,14,18,24H,9-10,13,15H2,1-3H3/t18-,24-/m1/s1. The molecule has 0 saturated carbocycles. The number of pyridine rings is 1. The summed E-state index contributed by atoms with van der Waals surface area (Å²) in [6.07, 6.45) is 4.12. The maximum Gasteiger partial charge on any atom is 0.306 e. The van der Waals surface area contributed by atoms with Crippen LogP contribution >= 0.6 is 0 Å². The number of hydrogen-bond donors (Lipinski definition) is 0. The van der Waals surface area contributed by atoms with E-state index in [4.69, 9.17) is 14.2 Å². The SMILES string of the molecule is COC(=O)C[C@@H]1COc2cc(O[C@@H]3CCc4c(-c5c(C)ccnc5C)cccc43)ccc21. The van der Waals surface area contributed by atoms with Crippen LogP contribution in [0.25, 0.3) is 11.1 Å². The molecule has 2 atom stereocenters. The molecule has 2 aliphatic rings. The Morgan fingerprint density at radius 2 is 2.03 bits per heavy atom. The quantitative estimate of drug-likeness (QED) is 0.503. The molecular weight excluding hydrogens is 402 g/mol. The molecule has 1 aliphatic heterocycles. The van der Waals surface area contributed by atoms with Crippen LogP contribution in [0.1, 0.15) is 52.8 Å². The Hall–Kier alpha value is -3.34. The van der Waals surface area contributed by atoms with E-state index in [1.54, 1.807) is 0 Å². The van der Waals surface area contributed by atoms with E-state index in [1.165, 1.54) is 34.9 Å². The number of esters is 1. The van der Waals surface area contributed by atoms with Gasteiger partial charge in [0.15, 0.2) is 0 Å². The molecule has 1 aliphatic carbocycles. The number of aryl methyl sites for hydroxylation is 2. The van der Waals surface area contributed by atoms with Gasteiger partial charge in [0.05, 0.1) is 20.1 Å². The third-order valence-corrected chi connectivity index (χ3v) is 6.62. The minimum absolute atomic E-state index is 0.00699. The monoisotopic (exact) mass is 429 g/mol. The Labute approximate surface area is 188 Å². The number of hydrogen-bond acceptors (Lipinski definition) is 5. The Morgan fingerprint density at radius 3 is 2.84 bits per heavy atom. The van der Waals surface area contributed by atoms with Crippen LogP contribution in [0.5, 0.6) is 11.5 Å². The van der Waals surface area contributed by atoms with Crippen molar-refractivity contribution in [2.24, 2.45) is 0 Å². The molecule has 2 aromatic carbocycles. The van der Waals surface area contributed by atoms with Crippen LogP contribution in [0.4, 0.5) is 0 Å². The van der Waals surface area contributed by atoms with Crippen LogP contribution in [0.2, 0.25) is 0 Å². The molecule has 1 aromatic heterocycles. The van der Waals surface area contributed by atoms with Gasteiger partial charge >= 0.3 is 5.97 Å². The minimum atomic E-state index is -0.218. The molecule has 3 aromatic rings. The molecule has 0 amide bonds. The molecule has 5 heteroatoms. The summed E-state index contributed by atoms with van der Waals surface area (Å²) < 4.78 is 17.1. The molecule has 5 nitrogen and oxygen atoms in total. The lowest BCUT2D eigenvalue weighted by Crippen LogP contribution is -2.09. The first-order chi connectivity index (χ1) is 15.5. The van der Waals surface area contributed by atoms with Gasteiger partial charge in [0, 0.05) is 35.0 Å². The number of carbonyl (C=O) groups is 1. The lowest BCUT2D eigenvalue weighted by molar-refractivity contribution is -0.141. The first-order valence-electron chi connectivity index (χ1n) is 11.1. The molecule has 0 spiro atoms. The largest absolute Gasteiger partial charge is 0.492 e. The average molecular weight is 430 g/mol. The van der Waals surface area contributed by atoms with Crippen molar-refractivity contribution in [3.8, 4) is 22.6 Å². The highest BCUT2D eigenvalue weighted by Gasteiger charge is 2.30. The summed E-state index contributed by atoms with van der Waals surface area (Å²) in [6.45, 7) is 4.71. The molecule has 0 N–H and O–H groups in total. The fraction of sp³-hybridized carbons (Fsp3) is 0.333. The van der Waals surface area contributed by atoms with Crippen molar-refractivity contribution in [1.29, 1.82) is 0 Å². The zero-order valence-electron chi connectivity index (χ0n) is 18.7. The van der Waals surface area contributed by atoms with Crippen molar-refractivity contribution < 1.29 is 19.0 Å². The van der Waals surface area contributed by atoms with E-state index in [2.05, 4.69) is 43.1 Å². The van der Waals surface area contributed by atoms with Gasteiger partial charge in [-0.25, -0.2) is 0 Å². The smallest absolute Gasteiger partial charge is 0.306 e. The van der Waals surface area contributed by atoms with Crippen LogP contribution in [-0.4, -0.2) is 24.7 Å². The number of benzene rings is 2. The Bertz CT molecular complexity index is 1170. The van der Waals surface area contributed by atoms with Gasteiger partial charge in [0.2, 0.25) is 0 Å². The number of rotatable bonds is 5. The molecular formula is C27H27NO4. The summed E-state index contributed by atoms with van der Waals surface area (Å²) in [5.74, 6) is 1.40. The van der Waals surface area contributed by atoms with Gasteiger partial charge in [0.1, 0.15) is 17.6 Å². The van der Waals surface area contributed by atoms with Crippen molar-refractivity contribution in [2.45, 2.75) is 45.1 Å². The van der Waals surface area contributed by atoms with Crippen molar-refractivity contribution in [3.63, 3.8) is 0 Å². The zero-order valence-corrected chi connectivity index (χ0v) is 18.7. The first-order valence-corrected chi connectivity index (χ1v) is 11.1. The second kappa shape index (κ2) is 8.30. The maximum atomic E-state index is 11.7. The Kier molecular flexibility index (Phi) is 5.33. The number of ether oxygens (including phenoxy) is 3. The van der Waals surface area contributed by atoms with Crippen molar-refractivity contribution in [1.82, 2.24) is 4.98 Å². The molecule has 2 heterocycles. The molecule has 0 fully saturated rings. The summed E-state index contributed by atoms with van der Waals surface area (Å²) in [5.41, 5.74) is 8.43. The molecule has 5 rings (SSSR count). The zero-order chi connectivity index (χ0) is 22.2. The Morgan fingerprint density at radius 1 is 1.16 bits per heavy atom. The number of carbonyl (C=O) groups excluding carboxylic acids is 1. The highest BCUT2D eigenvalue weighted by atomic mass is 16.5. The molecule has 0 saturated heterocycles. The highest BCUT2D eigenvalue weighted by Crippen LogP contribution is 2.43. The molecule has 0 radical (unpaired) electrons. The molecule has 32 heavy (non-hydrogen) atoms. The van der Waals surface area contributed by atoms with E-state index >= 15 is 0 Å². The van der Waals surface area contributed by atoms with Crippen molar-refractivity contribution in [2.75, 3.05) is 13.7 Å². The van der Waals surface area contributed by atoms with Gasteiger partial charge in [-0.1, -0.05) is 24.3 Å². The van der Waals surface area contributed by atoms with Crippen molar-refractivity contribution >= 4 is 5.97 Å². The number of nitrogens with zero attached hydrogens (tertiary/aromatic N) is 1. The second-order valence-corrected chi connectivity index (χ2v) is 8.59. The van der Waals surface area contributed by atoms with E-state index in [0.29, 0.717) is 13.0 Å². The fourth-order valence-corrected chi connectivity index (χ4v) is 5.02. The van der Waals surface area contributed by atoms with Gasteiger partial charge in [-0.15, -0.1) is 0 Å². The molecule has 0 bridgehead atoms. The van der Waals surface area contributed by atoms with Crippen LogP contribution in [0, 0.1) is 13.8 Å². The molecule has 0 unspecified atom stereocenters. The van der Waals surface area contributed by atoms with Crippen LogP contribution < -0.4 is 9.47 Å². The predicted molar refractivity (Wildman–Crippen MR) is 122 cm³/mol. The number of aromatic nitrogens is 1. The van der Waals surface area contributed by atoms with E-state index in [-0.39, 0.29) is 18.0 Å². The van der Waals surface area contributed by atoms with E-state index < -0.39 is 0 Å². The lowest BCUT2D eigenvalue weighted by Gasteiger charge is -2.17.